The van der Waals surface area contributed by atoms with Gasteiger partial charge in [0.25, 0.3) is 0 Å². The van der Waals surface area contributed by atoms with Crippen LogP contribution in [-0.4, -0.2) is 67.0 Å². The molecule has 2 fully saturated rings. The number of carbonyl (C=O) groups is 1. The third-order valence-corrected chi connectivity index (χ3v) is 5.58. The van der Waals surface area contributed by atoms with E-state index < -0.39 is 5.51 Å². The minimum absolute atomic E-state index is 0.0665. The molecule has 1 aromatic carbocycles. The van der Waals surface area contributed by atoms with Crippen molar-refractivity contribution in [2.24, 2.45) is 0 Å². The Hall–Kier alpha value is -1.41. The first-order chi connectivity index (χ1) is 12.4. The van der Waals surface area contributed by atoms with E-state index in [2.05, 4.69) is 9.80 Å². The molecule has 1 aromatic rings. The quantitative estimate of drug-likeness (QED) is 0.699. The number of anilines is 1. The third kappa shape index (κ3) is 5.54. The van der Waals surface area contributed by atoms with Crippen molar-refractivity contribution in [2.45, 2.75) is 29.7 Å². The van der Waals surface area contributed by atoms with E-state index in [1.54, 1.807) is 12.1 Å². The van der Waals surface area contributed by atoms with Gasteiger partial charge in [0.15, 0.2) is 0 Å². The van der Waals surface area contributed by atoms with Crippen LogP contribution in [0.25, 0.3) is 0 Å². The molecule has 2 heterocycles. The van der Waals surface area contributed by atoms with E-state index in [1.165, 1.54) is 6.07 Å². The van der Waals surface area contributed by atoms with Crippen LogP contribution in [0.15, 0.2) is 29.2 Å². The summed E-state index contributed by atoms with van der Waals surface area (Å²) in [6, 6.07) is 6.67. The highest BCUT2D eigenvalue weighted by Crippen LogP contribution is 2.38. The second-order valence-corrected chi connectivity index (χ2v) is 7.85. The number of amides is 1. The molecule has 0 radical (unpaired) electrons. The van der Waals surface area contributed by atoms with Crippen molar-refractivity contribution in [3.05, 3.63) is 24.3 Å². The lowest BCUT2D eigenvalue weighted by atomic mass is 10.2. The highest BCUT2D eigenvalue weighted by molar-refractivity contribution is 8.00. The minimum Gasteiger partial charge on any atom is -0.369 e. The van der Waals surface area contributed by atoms with Crippen molar-refractivity contribution in [1.29, 1.82) is 0 Å². The van der Waals surface area contributed by atoms with E-state index in [0.29, 0.717) is 6.42 Å². The smallest absolute Gasteiger partial charge is 0.369 e. The van der Waals surface area contributed by atoms with Crippen molar-refractivity contribution in [1.82, 2.24) is 9.80 Å². The molecule has 0 saturated carbocycles. The monoisotopic (exact) mass is 387 g/mol. The second kappa shape index (κ2) is 8.52. The van der Waals surface area contributed by atoms with E-state index >= 15 is 0 Å². The lowest BCUT2D eigenvalue weighted by Crippen LogP contribution is -2.47. The normalized spacial score (nSPS) is 19.4. The molecule has 0 unspecified atom stereocenters. The maximum atomic E-state index is 12.5. The van der Waals surface area contributed by atoms with Crippen LogP contribution >= 0.6 is 11.8 Å². The van der Waals surface area contributed by atoms with Gasteiger partial charge >= 0.3 is 5.51 Å². The number of halogens is 3. The average molecular weight is 387 g/mol. The standard InChI is InChI=1S/C18H24F3N3OS/c19-18(20,21)26-16-5-1-4-15(14-16)23-12-10-22(11-13-23)7-3-9-24-8-2-6-17(24)25/h1,4-5,14H,2-3,6-13H2. The van der Waals surface area contributed by atoms with Crippen molar-refractivity contribution >= 4 is 23.4 Å². The minimum atomic E-state index is -4.26. The molecule has 2 aliphatic rings. The predicted molar refractivity (Wildman–Crippen MR) is 97.4 cm³/mol. The van der Waals surface area contributed by atoms with Gasteiger partial charge in [0.1, 0.15) is 0 Å². The Morgan fingerprint density at radius 2 is 1.81 bits per heavy atom. The Morgan fingerprint density at radius 3 is 2.46 bits per heavy atom. The maximum Gasteiger partial charge on any atom is 0.446 e. The van der Waals surface area contributed by atoms with Gasteiger partial charge in [-0.3, -0.25) is 9.69 Å². The molecular formula is C18H24F3N3OS. The fraction of sp³-hybridized carbons (Fsp3) is 0.611. The van der Waals surface area contributed by atoms with Crippen molar-refractivity contribution in [3.63, 3.8) is 0 Å². The molecule has 2 aliphatic heterocycles. The lowest BCUT2D eigenvalue weighted by Gasteiger charge is -2.36. The van der Waals surface area contributed by atoms with Gasteiger partial charge in [0.2, 0.25) is 5.91 Å². The van der Waals surface area contributed by atoms with Gasteiger partial charge in [0, 0.05) is 56.3 Å². The topological polar surface area (TPSA) is 26.8 Å². The van der Waals surface area contributed by atoms with Crippen LogP contribution in [0, 0.1) is 0 Å². The van der Waals surface area contributed by atoms with Crippen LogP contribution in [0.2, 0.25) is 0 Å². The van der Waals surface area contributed by atoms with Crippen LogP contribution in [0.3, 0.4) is 0 Å². The Bertz CT molecular complexity index is 618. The predicted octanol–water partition coefficient (Wildman–Crippen LogP) is 3.43. The van der Waals surface area contributed by atoms with Gasteiger partial charge < -0.3 is 9.80 Å². The van der Waals surface area contributed by atoms with E-state index in [0.717, 1.165) is 64.3 Å². The van der Waals surface area contributed by atoms with Crippen molar-refractivity contribution in [2.75, 3.05) is 50.7 Å². The largest absolute Gasteiger partial charge is 0.446 e. The molecule has 26 heavy (non-hydrogen) atoms. The van der Waals surface area contributed by atoms with E-state index in [4.69, 9.17) is 0 Å². The molecule has 0 atom stereocenters. The number of nitrogens with zero attached hydrogens (tertiary/aromatic N) is 3. The van der Waals surface area contributed by atoms with Gasteiger partial charge in [-0.1, -0.05) is 6.07 Å². The summed E-state index contributed by atoms with van der Waals surface area (Å²) < 4.78 is 37.6. The number of benzene rings is 1. The highest BCUT2D eigenvalue weighted by atomic mass is 32.2. The van der Waals surface area contributed by atoms with Crippen LogP contribution in [0.4, 0.5) is 18.9 Å². The zero-order valence-corrected chi connectivity index (χ0v) is 15.5. The number of hydrogen-bond donors (Lipinski definition) is 0. The number of alkyl halides is 3. The molecule has 4 nitrogen and oxygen atoms in total. The summed E-state index contributed by atoms with van der Waals surface area (Å²) in [5, 5.41) is 0. The van der Waals surface area contributed by atoms with Crippen molar-refractivity contribution < 1.29 is 18.0 Å². The van der Waals surface area contributed by atoms with Gasteiger partial charge in [-0.05, 0) is 49.3 Å². The first-order valence-corrected chi connectivity index (χ1v) is 9.83. The third-order valence-electron chi connectivity index (χ3n) is 4.86. The molecule has 3 rings (SSSR count). The first kappa shape index (κ1) is 19.4. The van der Waals surface area contributed by atoms with Crippen LogP contribution in [0.5, 0.6) is 0 Å². The molecule has 0 N–H and O–H groups in total. The van der Waals surface area contributed by atoms with Crippen LogP contribution < -0.4 is 4.90 Å². The van der Waals surface area contributed by atoms with Crippen LogP contribution in [0.1, 0.15) is 19.3 Å². The Morgan fingerprint density at radius 1 is 1.04 bits per heavy atom. The lowest BCUT2D eigenvalue weighted by molar-refractivity contribution is -0.127. The van der Waals surface area contributed by atoms with Crippen LogP contribution in [-0.2, 0) is 4.79 Å². The summed E-state index contributed by atoms with van der Waals surface area (Å²) in [6.07, 6.45) is 2.64. The number of rotatable bonds is 6. The number of piperazine rings is 1. The zero-order chi connectivity index (χ0) is 18.6. The molecule has 2 saturated heterocycles. The number of hydrogen-bond acceptors (Lipinski definition) is 4. The van der Waals surface area contributed by atoms with Gasteiger partial charge in [-0.25, -0.2) is 0 Å². The fourth-order valence-corrected chi connectivity index (χ4v) is 4.13. The summed E-state index contributed by atoms with van der Waals surface area (Å²) in [5.41, 5.74) is -3.41. The van der Waals surface area contributed by atoms with Crippen molar-refractivity contribution in [3.8, 4) is 0 Å². The summed E-state index contributed by atoms with van der Waals surface area (Å²) in [7, 11) is 0. The molecule has 0 spiro atoms. The Balaban J connectivity index is 1.43. The summed E-state index contributed by atoms with van der Waals surface area (Å²) in [6.45, 7) is 6.08. The van der Waals surface area contributed by atoms with E-state index in [-0.39, 0.29) is 22.6 Å². The summed E-state index contributed by atoms with van der Waals surface area (Å²) in [5.74, 6) is 0.270. The number of likely N-dealkylation sites (tertiary alicyclic amines) is 1. The Labute approximate surface area is 156 Å². The fourth-order valence-electron chi connectivity index (χ4n) is 3.53. The SMILES string of the molecule is O=C1CCCN1CCCN1CCN(c2cccc(SC(F)(F)F)c2)CC1. The molecule has 0 aromatic heterocycles. The first-order valence-electron chi connectivity index (χ1n) is 9.02. The maximum absolute atomic E-state index is 12.5. The van der Waals surface area contributed by atoms with Gasteiger partial charge in [-0.15, -0.1) is 0 Å². The highest BCUT2D eigenvalue weighted by Gasteiger charge is 2.29. The molecule has 144 valence electrons. The van der Waals surface area contributed by atoms with E-state index in [1.807, 2.05) is 11.0 Å². The number of thioether (sulfide) groups is 1. The summed E-state index contributed by atoms with van der Waals surface area (Å²) >= 11 is -0.0665. The molecule has 8 heteroatoms. The Kier molecular flexibility index (Phi) is 6.34. The average Bonchev–Trinajstić information content (AvgIpc) is 2.99. The summed E-state index contributed by atoms with van der Waals surface area (Å²) in [4.78, 5) is 18.3. The second-order valence-electron chi connectivity index (χ2n) is 6.71. The molecule has 1 amide bonds. The zero-order valence-electron chi connectivity index (χ0n) is 14.7. The van der Waals surface area contributed by atoms with E-state index in [9.17, 15) is 18.0 Å². The molecular weight excluding hydrogens is 363 g/mol. The van der Waals surface area contributed by atoms with Gasteiger partial charge in [0.05, 0.1) is 0 Å². The molecule has 0 bridgehead atoms. The number of carbonyl (C=O) groups excluding carboxylic acids is 1. The molecule has 0 aliphatic carbocycles. The van der Waals surface area contributed by atoms with Gasteiger partial charge in [-0.2, -0.15) is 13.2 Å².